The van der Waals surface area contributed by atoms with E-state index in [0.717, 1.165) is 0 Å². The molecule has 0 atom stereocenters. The third-order valence-corrected chi connectivity index (χ3v) is 2.87. The molecule has 0 bridgehead atoms. The van der Waals surface area contributed by atoms with Crippen LogP contribution < -0.4 is 5.32 Å². The van der Waals surface area contributed by atoms with Gasteiger partial charge in [0, 0.05) is 6.20 Å². The normalized spacial score (nSPS) is 10.2. The van der Waals surface area contributed by atoms with E-state index in [9.17, 15) is 4.79 Å². The number of pyridine rings is 2. The summed E-state index contributed by atoms with van der Waals surface area (Å²) >= 11 is 17.3. The lowest BCUT2D eigenvalue weighted by Gasteiger charge is -2.07. The van der Waals surface area contributed by atoms with Gasteiger partial charge in [-0.1, -0.05) is 34.8 Å². The number of rotatable bonds is 2. The highest BCUT2D eigenvalue weighted by atomic mass is 35.5. The maximum atomic E-state index is 11.9. The topological polar surface area (TPSA) is 54.9 Å². The average molecular weight is 303 g/mol. The number of amides is 1. The first-order valence-corrected chi connectivity index (χ1v) is 5.95. The van der Waals surface area contributed by atoms with Gasteiger partial charge < -0.3 is 5.32 Å². The molecule has 2 aromatic heterocycles. The standard InChI is InChI=1S/C11H6Cl3N3O/c12-8-4-3-6(9(13)17-8)11(18)16-7-2-1-5-15-10(7)14/h1-5H,(H,16,18). The first-order valence-electron chi connectivity index (χ1n) is 4.82. The minimum Gasteiger partial charge on any atom is -0.319 e. The molecular weight excluding hydrogens is 296 g/mol. The van der Waals surface area contributed by atoms with Crippen LogP contribution in [0.1, 0.15) is 10.4 Å². The van der Waals surface area contributed by atoms with Crippen LogP contribution in [0.2, 0.25) is 15.5 Å². The van der Waals surface area contributed by atoms with Crippen LogP contribution in [0.15, 0.2) is 30.5 Å². The monoisotopic (exact) mass is 301 g/mol. The summed E-state index contributed by atoms with van der Waals surface area (Å²) in [5, 5.41) is 3.03. The summed E-state index contributed by atoms with van der Waals surface area (Å²) in [6, 6.07) is 6.25. The zero-order valence-corrected chi connectivity index (χ0v) is 11.1. The fourth-order valence-electron chi connectivity index (χ4n) is 1.25. The van der Waals surface area contributed by atoms with Gasteiger partial charge in [0.2, 0.25) is 0 Å². The second-order valence-electron chi connectivity index (χ2n) is 3.27. The molecule has 0 fully saturated rings. The highest BCUT2D eigenvalue weighted by molar-refractivity contribution is 6.35. The van der Waals surface area contributed by atoms with Crippen LogP contribution in [-0.2, 0) is 0 Å². The number of hydrogen-bond donors (Lipinski definition) is 1. The van der Waals surface area contributed by atoms with Gasteiger partial charge in [0.15, 0.2) is 5.15 Å². The number of nitrogens with one attached hydrogen (secondary N) is 1. The number of halogens is 3. The van der Waals surface area contributed by atoms with E-state index >= 15 is 0 Å². The first-order chi connectivity index (χ1) is 8.58. The van der Waals surface area contributed by atoms with Gasteiger partial charge in [0.05, 0.1) is 11.3 Å². The summed E-state index contributed by atoms with van der Waals surface area (Å²) < 4.78 is 0. The fraction of sp³-hybridized carbons (Fsp3) is 0. The Morgan fingerprint density at radius 2 is 1.89 bits per heavy atom. The molecule has 0 aromatic carbocycles. The summed E-state index contributed by atoms with van der Waals surface area (Å²) in [5.74, 6) is -0.431. The number of nitrogens with zero attached hydrogens (tertiary/aromatic N) is 2. The number of aromatic nitrogens is 2. The molecule has 0 saturated carbocycles. The Hall–Kier alpha value is -1.36. The van der Waals surface area contributed by atoms with Gasteiger partial charge in [-0.05, 0) is 24.3 Å². The van der Waals surface area contributed by atoms with Crippen molar-refractivity contribution >= 4 is 46.4 Å². The molecule has 1 N–H and O–H groups in total. The van der Waals surface area contributed by atoms with Gasteiger partial charge >= 0.3 is 0 Å². The molecule has 0 aliphatic heterocycles. The minimum atomic E-state index is -0.431. The van der Waals surface area contributed by atoms with Gasteiger partial charge in [0.25, 0.3) is 5.91 Å². The smallest absolute Gasteiger partial charge is 0.258 e. The van der Waals surface area contributed by atoms with Gasteiger partial charge in [-0.15, -0.1) is 0 Å². The predicted octanol–water partition coefficient (Wildman–Crippen LogP) is 3.69. The van der Waals surface area contributed by atoms with Crippen LogP contribution in [0.25, 0.3) is 0 Å². The SMILES string of the molecule is O=C(Nc1cccnc1Cl)c1ccc(Cl)nc1Cl. The molecular formula is C11H6Cl3N3O. The van der Waals surface area contributed by atoms with Crippen molar-refractivity contribution in [3.8, 4) is 0 Å². The number of carbonyl (C=O) groups excluding carboxylic acids is 1. The lowest BCUT2D eigenvalue weighted by molar-refractivity contribution is 0.102. The number of hydrogen-bond acceptors (Lipinski definition) is 3. The van der Waals surface area contributed by atoms with E-state index < -0.39 is 5.91 Å². The highest BCUT2D eigenvalue weighted by Crippen LogP contribution is 2.21. The molecule has 1 amide bonds. The molecule has 0 unspecified atom stereocenters. The predicted molar refractivity (Wildman–Crippen MR) is 71.5 cm³/mol. The van der Waals surface area contributed by atoms with Crippen molar-refractivity contribution in [1.82, 2.24) is 9.97 Å². The van der Waals surface area contributed by atoms with Crippen LogP contribution >= 0.6 is 34.8 Å². The Bertz CT molecular complexity index is 604. The Morgan fingerprint density at radius 3 is 2.56 bits per heavy atom. The molecule has 18 heavy (non-hydrogen) atoms. The van der Waals surface area contributed by atoms with Crippen LogP contribution in [0.3, 0.4) is 0 Å². The number of carbonyl (C=O) groups is 1. The van der Waals surface area contributed by atoms with Crippen molar-refractivity contribution in [2.75, 3.05) is 5.32 Å². The van der Waals surface area contributed by atoms with E-state index in [0.29, 0.717) is 5.69 Å². The van der Waals surface area contributed by atoms with Gasteiger partial charge in [-0.2, -0.15) is 0 Å². The third-order valence-electron chi connectivity index (χ3n) is 2.07. The lowest BCUT2D eigenvalue weighted by Crippen LogP contribution is -2.13. The molecule has 4 nitrogen and oxygen atoms in total. The van der Waals surface area contributed by atoms with E-state index in [1.54, 1.807) is 12.1 Å². The molecule has 92 valence electrons. The molecule has 2 aromatic rings. The molecule has 0 radical (unpaired) electrons. The summed E-state index contributed by atoms with van der Waals surface area (Å²) in [6.07, 6.45) is 1.52. The van der Waals surface area contributed by atoms with Crippen LogP contribution in [0.4, 0.5) is 5.69 Å². The molecule has 0 aliphatic carbocycles. The Labute approximate surface area is 118 Å². The summed E-state index contributed by atoms with van der Waals surface area (Å²) in [4.78, 5) is 19.6. The lowest BCUT2D eigenvalue weighted by atomic mass is 10.2. The minimum absolute atomic E-state index is 0.0278. The molecule has 2 heterocycles. The summed E-state index contributed by atoms with van der Waals surface area (Å²) in [7, 11) is 0. The van der Waals surface area contributed by atoms with Crippen molar-refractivity contribution in [3.63, 3.8) is 0 Å². The van der Waals surface area contributed by atoms with Crippen molar-refractivity contribution in [3.05, 3.63) is 51.5 Å². The van der Waals surface area contributed by atoms with Crippen LogP contribution in [0, 0.1) is 0 Å². The fourth-order valence-corrected chi connectivity index (χ4v) is 1.85. The van der Waals surface area contributed by atoms with E-state index in [1.165, 1.54) is 18.3 Å². The molecule has 2 rings (SSSR count). The van der Waals surface area contributed by atoms with Crippen molar-refractivity contribution in [2.45, 2.75) is 0 Å². The molecule has 7 heteroatoms. The van der Waals surface area contributed by atoms with Crippen molar-refractivity contribution in [2.24, 2.45) is 0 Å². The maximum absolute atomic E-state index is 11.9. The number of anilines is 1. The first kappa shape index (κ1) is 13.1. The van der Waals surface area contributed by atoms with Crippen molar-refractivity contribution < 1.29 is 4.79 Å². The van der Waals surface area contributed by atoms with Crippen LogP contribution in [0.5, 0.6) is 0 Å². The second-order valence-corrected chi connectivity index (χ2v) is 4.37. The van der Waals surface area contributed by atoms with Crippen LogP contribution in [-0.4, -0.2) is 15.9 Å². The van der Waals surface area contributed by atoms with E-state index in [4.69, 9.17) is 34.8 Å². The van der Waals surface area contributed by atoms with Crippen molar-refractivity contribution in [1.29, 1.82) is 0 Å². The zero-order chi connectivity index (χ0) is 13.1. The quantitative estimate of drug-likeness (QED) is 0.861. The van der Waals surface area contributed by atoms with E-state index in [1.807, 2.05) is 0 Å². The average Bonchev–Trinajstić information content (AvgIpc) is 2.32. The van der Waals surface area contributed by atoms with Gasteiger partial charge in [0.1, 0.15) is 10.3 Å². The third kappa shape index (κ3) is 2.90. The van der Waals surface area contributed by atoms with Gasteiger partial charge in [-0.25, -0.2) is 9.97 Å². The molecule has 0 spiro atoms. The Kier molecular flexibility index (Phi) is 4.01. The molecule has 0 saturated heterocycles. The second kappa shape index (κ2) is 5.52. The summed E-state index contributed by atoms with van der Waals surface area (Å²) in [6.45, 7) is 0. The largest absolute Gasteiger partial charge is 0.319 e. The van der Waals surface area contributed by atoms with E-state index in [2.05, 4.69) is 15.3 Å². The Morgan fingerprint density at radius 1 is 1.11 bits per heavy atom. The zero-order valence-electron chi connectivity index (χ0n) is 8.82. The maximum Gasteiger partial charge on any atom is 0.258 e. The van der Waals surface area contributed by atoms with E-state index in [-0.39, 0.29) is 21.0 Å². The summed E-state index contributed by atoms with van der Waals surface area (Å²) in [5.41, 5.74) is 0.608. The highest BCUT2D eigenvalue weighted by Gasteiger charge is 2.13. The Balaban J connectivity index is 2.25. The van der Waals surface area contributed by atoms with Gasteiger partial charge in [-0.3, -0.25) is 4.79 Å². The molecule has 0 aliphatic rings.